The minimum atomic E-state index is -1.16. The van der Waals surface area contributed by atoms with Gasteiger partial charge in [0.15, 0.2) is 0 Å². The third-order valence-electron chi connectivity index (χ3n) is 1.67. The molecule has 0 amide bonds. The van der Waals surface area contributed by atoms with Crippen molar-refractivity contribution < 1.29 is 8.78 Å². The van der Waals surface area contributed by atoms with Crippen LogP contribution in [-0.4, -0.2) is 6.17 Å². The molecule has 0 aromatic heterocycles. The lowest BCUT2D eigenvalue weighted by atomic mass is 9.98. The number of halogens is 2. The van der Waals surface area contributed by atoms with Crippen molar-refractivity contribution in [1.82, 2.24) is 0 Å². The fourth-order valence-corrected chi connectivity index (χ4v) is 1.19. The van der Waals surface area contributed by atoms with Crippen molar-refractivity contribution in [3.05, 3.63) is 11.4 Å². The highest BCUT2D eigenvalue weighted by Crippen LogP contribution is 2.23. The number of rotatable bonds is 3. The van der Waals surface area contributed by atoms with Gasteiger partial charge in [0.2, 0.25) is 0 Å². The van der Waals surface area contributed by atoms with E-state index in [1.807, 2.05) is 0 Å². The maximum absolute atomic E-state index is 12.9. The van der Waals surface area contributed by atoms with E-state index in [1.165, 1.54) is 6.92 Å². The van der Waals surface area contributed by atoms with Crippen LogP contribution in [0, 0.1) is 5.92 Å². The lowest BCUT2D eigenvalue weighted by molar-refractivity contribution is 0.369. The Balaban J connectivity index is 4.58. The minimum Gasteiger partial charge on any atom is -0.243 e. The van der Waals surface area contributed by atoms with Crippen LogP contribution in [0.3, 0.4) is 0 Å². The Morgan fingerprint density at radius 1 is 1.27 bits per heavy atom. The molecule has 0 saturated heterocycles. The molecule has 0 N–H and O–H groups in total. The molecule has 0 heterocycles. The molecule has 0 aliphatic carbocycles. The zero-order valence-corrected chi connectivity index (χ0v) is 7.62. The molecule has 0 aromatic carbocycles. The summed E-state index contributed by atoms with van der Waals surface area (Å²) in [5, 5.41) is 0. The fraction of sp³-hybridized carbons (Fsp3) is 0.778. The molecule has 0 rings (SSSR count). The summed E-state index contributed by atoms with van der Waals surface area (Å²) in [6, 6.07) is 0. The van der Waals surface area contributed by atoms with Gasteiger partial charge in [0.05, 0.1) is 0 Å². The highest BCUT2D eigenvalue weighted by molar-refractivity contribution is 5.14. The summed E-state index contributed by atoms with van der Waals surface area (Å²) >= 11 is 0. The third kappa shape index (κ3) is 3.00. The molecule has 0 nitrogen and oxygen atoms in total. The molecular formula is C9H16F2. The largest absolute Gasteiger partial charge is 0.243 e. The monoisotopic (exact) mass is 162 g/mol. The van der Waals surface area contributed by atoms with Crippen molar-refractivity contribution in [2.24, 2.45) is 5.92 Å². The molecule has 0 saturated carbocycles. The maximum Gasteiger partial charge on any atom is 0.121 e. The van der Waals surface area contributed by atoms with Gasteiger partial charge in [-0.2, -0.15) is 0 Å². The van der Waals surface area contributed by atoms with E-state index in [2.05, 4.69) is 0 Å². The molecule has 0 radical (unpaired) electrons. The molecule has 1 unspecified atom stereocenters. The Morgan fingerprint density at radius 3 is 1.82 bits per heavy atom. The Labute approximate surface area is 67.3 Å². The van der Waals surface area contributed by atoms with Crippen LogP contribution < -0.4 is 0 Å². The van der Waals surface area contributed by atoms with Gasteiger partial charge in [-0.25, -0.2) is 8.78 Å². The maximum atomic E-state index is 12.9. The van der Waals surface area contributed by atoms with Crippen LogP contribution in [0.4, 0.5) is 8.78 Å². The first kappa shape index (κ1) is 10.6. The molecule has 0 aliphatic rings. The van der Waals surface area contributed by atoms with E-state index < -0.39 is 6.17 Å². The van der Waals surface area contributed by atoms with Crippen molar-refractivity contribution in [3.8, 4) is 0 Å². The minimum absolute atomic E-state index is 0.0325. The van der Waals surface area contributed by atoms with Gasteiger partial charge in [-0.3, -0.25) is 0 Å². The summed E-state index contributed by atoms with van der Waals surface area (Å²) < 4.78 is 25.7. The highest BCUT2D eigenvalue weighted by Gasteiger charge is 2.15. The second kappa shape index (κ2) is 4.47. The van der Waals surface area contributed by atoms with Gasteiger partial charge in [-0.15, -0.1) is 0 Å². The fourth-order valence-electron chi connectivity index (χ4n) is 1.19. The lowest BCUT2D eigenvalue weighted by Gasteiger charge is -2.13. The van der Waals surface area contributed by atoms with Gasteiger partial charge in [-0.1, -0.05) is 20.8 Å². The van der Waals surface area contributed by atoms with Crippen LogP contribution in [0.5, 0.6) is 0 Å². The zero-order chi connectivity index (χ0) is 9.02. The highest BCUT2D eigenvalue weighted by atomic mass is 19.1. The average Bonchev–Trinajstić information content (AvgIpc) is 1.85. The van der Waals surface area contributed by atoms with Gasteiger partial charge in [-0.05, 0) is 24.8 Å². The SMILES string of the molecule is CC/C(F)=C(/C(C)C)C(C)F. The Bertz CT molecular complexity index is 136. The van der Waals surface area contributed by atoms with Crippen LogP contribution in [0.25, 0.3) is 0 Å². The topological polar surface area (TPSA) is 0 Å². The smallest absolute Gasteiger partial charge is 0.121 e. The molecule has 0 bridgehead atoms. The number of allylic oxidation sites excluding steroid dienone is 2. The average molecular weight is 162 g/mol. The Morgan fingerprint density at radius 2 is 1.73 bits per heavy atom. The summed E-state index contributed by atoms with van der Waals surface area (Å²) in [6.07, 6.45) is -0.864. The van der Waals surface area contributed by atoms with Crippen LogP contribution in [0.2, 0.25) is 0 Å². The Hall–Kier alpha value is -0.400. The van der Waals surface area contributed by atoms with E-state index in [0.29, 0.717) is 12.0 Å². The summed E-state index contributed by atoms with van der Waals surface area (Å²) in [5.74, 6) is -0.329. The van der Waals surface area contributed by atoms with E-state index in [4.69, 9.17) is 0 Å². The van der Waals surface area contributed by atoms with Crippen LogP contribution >= 0.6 is 0 Å². The van der Waals surface area contributed by atoms with E-state index in [1.54, 1.807) is 20.8 Å². The number of hydrogen-bond acceptors (Lipinski definition) is 0. The Kier molecular flexibility index (Phi) is 4.31. The number of alkyl halides is 1. The number of hydrogen-bond donors (Lipinski definition) is 0. The summed E-state index contributed by atoms with van der Waals surface area (Å²) in [7, 11) is 0. The van der Waals surface area contributed by atoms with Crippen LogP contribution in [-0.2, 0) is 0 Å². The predicted molar refractivity (Wildman–Crippen MR) is 43.8 cm³/mol. The molecule has 11 heavy (non-hydrogen) atoms. The molecule has 1 atom stereocenters. The van der Waals surface area contributed by atoms with Gasteiger partial charge >= 0.3 is 0 Å². The molecule has 0 fully saturated rings. The van der Waals surface area contributed by atoms with Gasteiger partial charge in [0.25, 0.3) is 0 Å². The summed E-state index contributed by atoms with van der Waals surface area (Å²) in [5.41, 5.74) is 0.313. The molecule has 0 spiro atoms. The first-order chi connectivity index (χ1) is 5.00. The molecule has 0 aromatic rings. The summed E-state index contributed by atoms with van der Waals surface area (Å²) in [6.45, 7) is 6.69. The quantitative estimate of drug-likeness (QED) is 0.594. The molecular weight excluding hydrogens is 146 g/mol. The van der Waals surface area contributed by atoms with E-state index in [-0.39, 0.29) is 11.7 Å². The van der Waals surface area contributed by atoms with Crippen LogP contribution in [0.1, 0.15) is 34.1 Å². The molecule has 2 heteroatoms. The van der Waals surface area contributed by atoms with Crippen LogP contribution in [0.15, 0.2) is 11.4 Å². The predicted octanol–water partition coefficient (Wildman–Crippen LogP) is 3.63. The second-order valence-corrected chi connectivity index (χ2v) is 2.98. The van der Waals surface area contributed by atoms with E-state index in [0.717, 1.165) is 0 Å². The first-order valence-corrected chi connectivity index (χ1v) is 4.03. The third-order valence-corrected chi connectivity index (χ3v) is 1.67. The standard InChI is InChI=1S/C9H16F2/c1-5-8(11)9(6(2)3)7(4)10/h6-7H,5H2,1-4H3/b9-8+. The summed E-state index contributed by atoms with van der Waals surface area (Å²) in [4.78, 5) is 0. The lowest BCUT2D eigenvalue weighted by Crippen LogP contribution is -2.07. The first-order valence-electron chi connectivity index (χ1n) is 4.03. The van der Waals surface area contributed by atoms with E-state index in [9.17, 15) is 8.78 Å². The van der Waals surface area contributed by atoms with Crippen molar-refractivity contribution >= 4 is 0 Å². The second-order valence-electron chi connectivity index (χ2n) is 2.98. The van der Waals surface area contributed by atoms with Gasteiger partial charge < -0.3 is 0 Å². The van der Waals surface area contributed by atoms with Crippen molar-refractivity contribution in [3.63, 3.8) is 0 Å². The van der Waals surface area contributed by atoms with Crippen molar-refractivity contribution in [1.29, 1.82) is 0 Å². The van der Waals surface area contributed by atoms with Gasteiger partial charge in [0, 0.05) is 0 Å². The zero-order valence-electron chi connectivity index (χ0n) is 7.62. The van der Waals surface area contributed by atoms with E-state index >= 15 is 0 Å². The van der Waals surface area contributed by atoms with Crippen molar-refractivity contribution in [2.45, 2.75) is 40.3 Å². The molecule has 66 valence electrons. The van der Waals surface area contributed by atoms with Gasteiger partial charge in [0.1, 0.15) is 12.0 Å². The molecule has 0 aliphatic heterocycles. The normalized spacial score (nSPS) is 16.6. The van der Waals surface area contributed by atoms with Crippen molar-refractivity contribution in [2.75, 3.05) is 0 Å².